The van der Waals surface area contributed by atoms with Gasteiger partial charge in [0.2, 0.25) is 0 Å². The van der Waals surface area contributed by atoms with Crippen molar-refractivity contribution in [2.45, 2.75) is 71.4 Å². The number of carbonyl (C=O) groups is 1. The van der Waals surface area contributed by atoms with Gasteiger partial charge < -0.3 is 19.2 Å². The molecule has 0 bridgehead atoms. The van der Waals surface area contributed by atoms with Gasteiger partial charge in [-0.15, -0.1) is 0 Å². The number of ether oxygens (including phenoxy) is 2. The molecule has 1 N–H and O–H groups in total. The molecule has 0 radical (unpaired) electrons. The first-order valence-corrected chi connectivity index (χ1v) is 12.8. The molecule has 0 saturated heterocycles. The number of carbonyl (C=O) groups excluding carboxylic acids is 1. The third kappa shape index (κ3) is 9.07. The molecule has 6 nitrogen and oxygen atoms in total. The zero-order valence-corrected chi connectivity index (χ0v) is 20.3. The Kier molecular flexibility index (Phi) is 8.31. The molecule has 27 heavy (non-hydrogen) atoms. The second kappa shape index (κ2) is 9.38. The number of pyridine rings is 1. The first kappa shape index (κ1) is 23.9. The zero-order chi connectivity index (χ0) is 20.9. The lowest BCUT2D eigenvalue weighted by molar-refractivity contribution is 0.0478. The van der Waals surface area contributed by atoms with Gasteiger partial charge in [-0.2, -0.15) is 0 Å². The monoisotopic (exact) mass is 460 g/mol. The van der Waals surface area contributed by atoms with E-state index in [4.69, 9.17) is 13.9 Å². The van der Waals surface area contributed by atoms with Gasteiger partial charge in [0.15, 0.2) is 8.32 Å². The van der Waals surface area contributed by atoms with Crippen LogP contribution in [0.4, 0.5) is 4.79 Å². The molecule has 0 spiro atoms. The number of hydrogen-bond acceptors (Lipinski definition) is 5. The van der Waals surface area contributed by atoms with Crippen molar-refractivity contribution in [1.82, 2.24) is 10.3 Å². The van der Waals surface area contributed by atoms with Gasteiger partial charge in [-0.1, -0.05) is 20.8 Å². The Bertz CT molecular complexity index is 627. The summed E-state index contributed by atoms with van der Waals surface area (Å²) in [7, 11) is -1.94. The highest BCUT2D eigenvalue weighted by atomic mass is 79.9. The molecular weight excluding hydrogens is 428 g/mol. The highest BCUT2D eigenvalue weighted by Gasteiger charge is 2.37. The van der Waals surface area contributed by atoms with Crippen LogP contribution in [0.15, 0.2) is 22.9 Å². The number of nitrogens with one attached hydrogen (secondary N) is 1. The Morgan fingerprint density at radius 3 is 2.37 bits per heavy atom. The van der Waals surface area contributed by atoms with E-state index in [1.807, 2.05) is 26.8 Å². The zero-order valence-electron chi connectivity index (χ0n) is 17.7. The highest BCUT2D eigenvalue weighted by molar-refractivity contribution is 9.10. The molecule has 1 aromatic heterocycles. The summed E-state index contributed by atoms with van der Waals surface area (Å²) in [6.45, 7) is 17.1. The van der Waals surface area contributed by atoms with Crippen molar-refractivity contribution in [2.24, 2.45) is 0 Å². The molecule has 1 unspecified atom stereocenters. The quantitative estimate of drug-likeness (QED) is 0.570. The standard InChI is InChI=1S/C19H33BrN2O4Si/c1-18(2,3)26-17(23)22-12-16(13-24-27(7,8)19(4,5)6)25-15-9-14(20)10-21-11-15/h9-11,16H,12-13H2,1-8H3,(H,22,23). The second-order valence-electron chi connectivity index (χ2n) is 9.03. The van der Waals surface area contributed by atoms with E-state index >= 15 is 0 Å². The maximum absolute atomic E-state index is 12.0. The van der Waals surface area contributed by atoms with Crippen molar-refractivity contribution in [3.8, 4) is 5.75 Å². The van der Waals surface area contributed by atoms with E-state index in [1.165, 1.54) is 0 Å². The summed E-state index contributed by atoms with van der Waals surface area (Å²) in [4.78, 5) is 16.1. The lowest BCUT2D eigenvalue weighted by Crippen LogP contribution is -2.46. The van der Waals surface area contributed by atoms with Crippen LogP contribution in [-0.2, 0) is 9.16 Å². The maximum atomic E-state index is 12.0. The Hall–Kier alpha value is -1.12. The molecule has 154 valence electrons. The van der Waals surface area contributed by atoms with Gasteiger partial charge in [0, 0.05) is 10.7 Å². The molecule has 1 aromatic rings. The van der Waals surface area contributed by atoms with Crippen LogP contribution in [0.2, 0.25) is 18.1 Å². The van der Waals surface area contributed by atoms with Crippen molar-refractivity contribution >= 4 is 30.3 Å². The van der Waals surface area contributed by atoms with Crippen molar-refractivity contribution in [2.75, 3.05) is 13.2 Å². The summed E-state index contributed by atoms with van der Waals surface area (Å²) in [5, 5.41) is 2.86. The minimum atomic E-state index is -1.94. The van der Waals surface area contributed by atoms with Crippen LogP contribution < -0.4 is 10.1 Å². The summed E-state index contributed by atoms with van der Waals surface area (Å²) >= 11 is 3.39. The van der Waals surface area contributed by atoms with Crippen molar-refractivity contribution in [3.05, 3.63) is 22.9 Å². The lowest BCUT2D eigenvalue weighted by Gasteiger charge is -2.37. The molecule has 1 amide bonds. The van der Waals surface area contributed by atoms with Crippen LogP contribution in [0.25, 0.3) is 0 Å². The minimum absolute atomic E-state index is 0.0907. The SMILES string of the molecule is CC(C)(C)OC(=O)NCC(CO[Si](C)(C)C(C)(C)C)Oc1cncc(Br)c1. The number of nitrogens with zero attached hydrogens (tertiary/aromatic N) is 1. The van der Waals surface area contributed by atoms with Gasteiger partial charge >= 0.3 is 6.09 Å². The van der Waals surface area contributed by atoms with Gasteiger partial charge in [0.1, 0.15) is 17.5 Å². The average molecular weight is 461 g/mol. The molecule has 0 saturated carbocycles. The van der Waals surface area contributed by atoms with E-state index in [1.54, 1.807) is 12.4 Å². The number of rotatable bonds is 7. The third-order valence-corrected chi connectivity index (χ3v) is 9.23. The normalized spacial score (nSPS) is 13.8. The molecule has 0 aromatic carbocycles. The van der Waals surface area contributed by atoms with Gasteiger partial charge in [-0.05, 0) is 60.9 Å². The average Bonchev–Trinajstić information content (AvgIpc) is 2.47. The van der Waals surface area contributed by atoms with Crippen molar-refractivity contribution < 1.29 is 18.7 Å². The lowest BCUT2D eigenvalue weighted by atomic mass is 10.2. The van der Waals surface area contributed by atoms with E-state index in [9.17, 15) is 4.79 Å². The van der Waals surface area contributed by atoms with Gasteiger partial charge in [-0.25, -0.2) is 4.79 Å². The molecule has 0 aliphatic heterocycles. The van der Waals surface area contributed by atoms with Crippen LogP contribution in [0.1, 0.15) is 41.5 Å². The molecule has 1 heterocycles. The fraction of sp³-hybridized carbons (Fsp3) is 0.684. The summed E-state index contributed by atoms with van der Waals surface area (Å²) < 4.78 is 18.4. The van der Waals surface area contributed by atoms with Crippen LogP contribution in [0, 0.1) is 0 Å². The first-order valence-electron chi connectivity index (χ1n) is 9.08. The van der Waals surface area contributed by atoms with E-state index in [0.29, 0.717) is 12.4 Å². The van der Waals surface area contributed by atoms with Crippen LogP contribution in [-0.4, -0.2) is 44.3 Å². The van der Waals surface area contributed by atoms with E-state index < -0.39 is 20.0 Å². The third-order valence-electron chi connectivity index (χ3n) is 4.29. The number of amides is 1. The number of aromatic nitrogens is 1. The summed E-state index contributed by atoms with van der Waals surface area (Å²) in [5.41, 5.74) is -0.549. The Morgan fingerprint density at radius 1 is 1.22 bits per heavy atom. The Balaban J connectivity index is 2.78. The second-order valence-corrected chi connectivity index (χ2v) is 14.8. The minimum Gasteiger partial charge on any atom is -0.485 e. The fourth-order valence-corrected chi connectivity index (χ4v) is 3.19. The smallest absolute Gasteiger partial charge is 0.407 e. The highest BCUT2D eigenvalue weighted by Crippen LogP contribution is 2.36. The molecule has 0 aliphatic carbocycles. The molecular formula is C19H33BrN2O4Si. The summed E-state index contributed by atoms with van der Waals surface area (Å²) in [5.74, 6) is 0.610. The predicted molar refractivity (Wildman–Crippen MR) is 114 cm³/mol. The van der Waals surface area contributed by atoms with Crippen LogP contribution in [0.5, 0.6) is 5.75 Å². The Morgan fingerprint density at radius 2 is 1.85 bits per heavy atom. The van der Waals surface area contributed by atoms with Crippen LogP contribution >= 0.6 is 15.9 Å². The summed E-state index contributed by atoms with van der Waals surface area (Å²) in [6, 6.07) is 1.83. The topological polar surface area (TPSA) is 69.7 Å². The molecule has 1 atom stereocenters. The van der Waals surface area contributed by atoms with E-state index in [2.05, 4.69) is 60.1 Å². The van der Waals surface area contributed by atoms with Crippen molar-refractivity contribution in [3.63, 3.8) is 0 Å². The van der Waals surface area contributed by atoms with Crippen LogP contribution in [0.3, 0.4) is 0 Å². The number of hydrogen-bond donors (Lipinski definition) is 1. The largest absolute Gasteiger partial charge is 0.485 e. The number of alkyl carbamates (subject to hydrolysis) is 1. The van der Waals surface area contributed by atoms with E-state index in [0.717, 1.165) is 4.47 Å². The van der Waals surface area contributed by atoms with E-state index in [-0.39, 0.29) is 17.7 Å². The van der Waals surface area contributed by atoms with Crippen molar-refractivity contribution in [1.29, 1.82) is 0 Å². The number of halogens is 1. The molecule has 1 rings (SSSR count). The first-order chi connectivity index (χ1) is 12.2. The predicted octanol–water partition coefficient (Wildman–Crippen LogP) is 5.14. The van der Waals surface area contributed by atoms with Gasteiger partial charge in [0.05, 0.1) is 19.3 Å². The fourth-order valence-electron chi connectivity index (χ4n) is 1.81. The summed E-state index contributed by atoms with van der Waals surface area (Å²) in [6.07, 6.45) is 2.49. The molecule has 0 aliphatic rings. The Labute approximate surface area is 172 Å². The maximum Gasteiger partial charge on any atom is 0.407 e. The van der Waals surface area contributed by atoms with Gasteiger partial charge in [0.25, 0.3) is 0 Å². The molecule has 8 heteroatoms. The van der Waals surface area contributed by atoms with Gasteiger partial charge in [-0.3, -0.25) is 4.98 Å². The molecule has 0 fully saturated rings.